The lowest BCUT2D eigenvalue weighted by Gasteiger charge is -2.30. The highest BCUT2D eigenvalue weighted by atomic mass is 32.2. The smallest absolute Gasteiger partial charge is 0.0869 e. The van der Waals surface area contributed by atoms with Crippen LogP contribution in [0.3, 0.4) is 0 Å². The standard InChI is InChI=1S/C15H21N5OS/c16-22-14-11-18-10-13(19-5-7-21-8-6-19)12(14)9-15(22)20-3-1-17-2-4-20/h9-11,16-17H,1-8H2. The van der Waals surface area contributed by atoms with Gasteiger partial charge in [0.25, 0.3) is 0 Å². The van der Waals surface area contributed by atoms with Gasteiger partial charge in [-0.2, -0.15) is 0 Å². The molecule has 0 bridgehead atoms. The van der Waals surface area contributed by atoms with Crippen LogP contribution in [0.15, 0.2) is 22.3 Å². The van der Waals surface area contributed by atoms with E-state index in [4.69, 9.17) is 9.52 Å². The summed E-state index contributed by atoms with van der Waals surface area (Å²) in [5.41, 5.74) is 2.36. The van der Waals surface area contributed by atoms with Gasteiger partial charge in [0.1, 0.15) is 0 Å². The first-order valence-electron chi connectivity index (χ1n) is 7.78. The summed E-state index contributed by atoms with van der Waals surface area (Å²) in [6.45, 7) is 7.32. The van der Waals surface area contributed by atoms with Crippen molar-refractivity contribution in [3.63, 3.8) is 0 Å². The highest BCUT2D eigenvalue weighted by Crippen LogP contribution is 2.37. The van der Waals surface area contributed by atoms with Crippen LogP contribution >= 0.6 is 0 Å². The second-order valence-corrected chi connectivity index (χ2v) is 7.17. The number of rotatable bonds is 2. The van der Waals surface area contributed by atoms with Crippen molar-refractivity contribution in [3.05, 3.63) is 23.0 Å². The molecule has 1 aromatic heterocycles. The van der Waals surface area contributed by atoms with Gasteiger partial charge in [-0.15, -0.1) is 0 Å². The van der Waals surface area contributed by atoms with E-state index in [-0.39, 0.29) is 0 Å². The quantitative estimate of drug-likeness (QED) is 0.847. The van der Waals surface area contributed by atoms with Crippen LogP contribution in [0.25, 0.3) is 6.08 Å². The molecule has 0 aliphatic carbocycles. The molecular weight excluding hydrogens is 298 g/mol. The maximum Gasteiger partial charge on any atom is 0.0869 e. The molecular formula is C15H21N5OS. The predicted octanol–water partition coefficient (Wildman–Crippen LogP) is 0.875. The summed E-state index contributed by atoms with van der Waals surface area (Å²) in [6.07, 6.45) is 6.04. The number of piperazine rings is 1. The minimum absolute atomic E-state index is 0.609. The van der Waals surface area contributed by atoms with Crippen LogP contribution in [0, 0.1) is 4.78 Å². The third-order valence-electron chi connectivity index (χ3n) is 4.41. The van der Waals surface area contributed by atoms with Crippen LogP contribution in [0.2, 0.25) is 0 Å². The van der Waals surface area contributed by atoms with Crippen LogP contribution in [0.5, 0.6) is 0 Å². The summed E-state index contributed by atoms with van der Waals surface area (Å²) in [5, 5.41) is 4.53. The average molecular weight is 319 g/mol. The van der Waals surface area contributed by atoms with Gasteiger partial charge in [0.15, 0.2) is 0 Å². The summed E-state index contributed by atoms with van der Waals surface area (Å²) < 4.78 is 14.1. The van der Waals surface area contributed by atoms with Crippen molar-refractivity contribution in [1.82, 2.24) is 15.2 Å². The van der Waals surface area contributed by atoms with Gasteiger partial charge in [0, 0.05) is 51.0 Å². The van der Waals surface area contributed by atoms with Crippen molar-refractivity contribution in [1.29, 1.82) is 4.78 Å². The number of pyridine rings is 1. The molecule has 0 amide bonds. The number of aromatic nitrogens is 1. The lowest BCUT2D eigenvalue weighted by Crippen LogP contribution is -2.43. The fourth-order valence-electron chi connectivity index (χ4n) is 3.21. The Kier molecular flexibility index (Phi) is 3.85. The topological polar surface area (TPSA) is 64.5 Å². The molecule has 0 radical (unpaired) electrons. The van der Waals surface area contributed by atoms with Crippen LogP contribution in [0.4, 0.5) is 5.69 Å². The summed E-state index contributed by atoms with van der Waals surface area (Å²) in [5.74, 6) is 0. The van der Waals surface area contributed by atoms with Crippen molar-refractivity contribution >= 4 is 22.5 Å². The third-order valence-corrected chi connectivity index (χ3v) is 5.97. The van der Waals surface area contributed by atoms with Gasteiger partial charge in [0.2, 0.25) is 0 Å². The number of nitrogens with zero attached hydrogens (tertiary/aromatic N) is 3. The first-order valence-corrected chi connectivity index (χ1v) is 9.00. The second-order valence-electron chi connectivity index (χ2n) is 5.70. The van der Waals surface area contributed by atoms with E-state index >= 15 is 0 Å². The highest BCUT2D eigenvalue weighted by Gasteiger charge is 2.27. The predicted molar refractivity (Wildman–Crippen MR) is 88.0 cm³/mol. The van der Waals surface area contributed by atoms with Crippen LogP contribution in [0.1, 0.15) is 5.56 Å². The van der Waals surface area contributed by atoms with E-state index in [1.54, 1.807) is 0 Å². The SMILES string of the molecule is N=S1C(N2CCNCC2)=Cc2c(N3CCOCC3)cncc21. The molecule has 6 nitrogen and oxygen atoms in total. The van der Waals surface area contributed by atoms with Crippen LogP contribution in [-0.4, -0.2) is 62.4 Å². The second kappa shape index (κ2) is 5.98. The van der Waals surface area contributed by atoms with Gasteiger partial charge >= 0.3 is 0 Å². The Bertz CT molecular complexity index is 620. The van der Waals surface area contributed by atoms with Gasteiger partial charge in [0.05, 0.1) is 35.0 Å². The zero-order valence-electron chi connectivity index (χ0n) is 12.5. The number of hydrogen-bond acceptors (Lipinski definition) is 6. The molecule has 4 heterocycles. The molecule has 2 saturated heterocycles. The number of anilines is 1. The molecule has 118 valence electrons. The molecule has 1 aromatic rings. The molecule has 0 saturated carbocycles. The molecule has 1 unspecified atom stereocenters. The minimum Gasteiger partial charge on any atom is -0.378 e. The molecule has 3 aliphatic rings. The monoisotopic (exact) mass is 319 g/mol. The van der Waals surface area contributed by atoms with Gasteiger partial charge in [-0.1, -0.05) is 0 Å². The van der Waals surface area contributed by atoms with E-state index in [0.717, 1.165) is 68.1 Å². The first kappa shape index (κ1) is 14.2. The van der Waals surface area contributed by atoms with Crippen molar-refractivity contribution in [3.8, 4) is 0 Å². The normalized spacial score (nSPS) is 25.1. The Labute approximate surface area is 133 Å². The summed E-state index contributed by atoms with van der Waals surface area (Å²) in [7, 11) is -0.609. The zero-order valence-corrected chi connectivity index (χ0v) is 13.4. The fraction of sp³-hybridized carbons (Fsp3) is 0.533. The van der Waals surface area contributed by atoms with Gasteiger partial charge in [-0.05, 0) is 16.8 Å². The van der Waals surface area contributed by atoms with Gasteiger partial charge in [-0.3, -0.25) is 9.76 Å². The van der Waals surface area contributed by atoms with Gasteiger partial charge < -0.3 is 19.9 Å². The molecule has 4 rings (SSSR count). The van der Waals surface area contributed by atoms with Crippen molar-refractivity contribution in [2.45, 2.75) is 4.90 Å². The lowest BCUT2D eigenvalue weighted by molar-refractivity contribution is 0.122. The summed E-state index contributed by atoms with van der Waals surface area (Å²) in [4.78, 5) is 10.2. The lowest BCUT2D eigenvalue weighted by atomic mass is 10.2. The molecule has 0 aromatic carbocycles. The van der Waals surface area contributed by atoms with Crippen molar-refractivity contribution in [2.24, 2.45) is 0 Å². The Hall–Kier alpha value is -1.44. The van der Waals surface area contributed by atoms with E-state index < -0.39 is 10.7 Å². The Morgan fingerprint density at radius 1 is 1.09 bits per heavy atom. The molecule has 7 heteroatoms. The maximum atomic E-state index is 8.63. The molecule has 3 aliphatic heterocycles. The van der Waals surface area contributed by atoms with E-state index in [2.05, 4.69) is 26.2 Å². The minimum atomic E-state index is -0.609. The fourth-order valence-corrected chi connectivity index (χ4v) is 4.66. The van der Waals surface area contributed by atoms with Crippen LogP contribution < -0.4 is 10.2 Å². The highest BCUT2D eigenvalue weighted by molar-refractivity contribution is 7.90. The van der Waals surface area contributed by atoms with E-state index in [1.807, 2.05) is 12.4 Å². The zero-order chi connectivity index (χ0) is 14.9. The van der Waals surface area contributed by atoms with Crippen molar-refractivity contribution in [2.75, 3.05) is 57.4 Å². The van der Waals surface area contributed by atoms with Gasteiger partial charge in [-0.25, -0.2) is 0 Å². The molecule has 2 fully saturated rings. The number of ether oxygens (including phenoxy) is 1. The third kappa shape index (κ3) is 2.43. The van der Waals surface area contributed by atoms with Crippen molar-refractivity contribution < 1.29 is 4.74 Å². The Morgan fingerprint density at radius 3 is 2.64 bits per heavy atom. The number of morpholine rings is 1. The Balaban J connectivity index is 1.68. The molecule has 2 N–H and O–H groups in total. The number of nitrogens with one attached hydrogen (secondary N) is 2. The summed E-state index contributed by atoms with van der Waals surface area (Å²) >= 11 is 0. The van der Waals surface area contributed by atoms with E-state index in [9.17, 15) is 0 Å². The summed E-state index contributed by atoms with van der Waals surface area (Å²) in [6, 6.07) is 0. The van der Waals surface area contributed by atoms with Crippen LogP contribution in [-0.2, 0) is 15.4 Å². The van der Waals surface area contributed by atoms with E-state index in [0.29, 0.717) is 0 Å². The molecule has 1 atom stereocenters. The number of hydrogen-bond donors (Lipinski definition) is 2. The molecule has 0 spiro atoms. The molecule has 22 heavy (non-hydrogen) atoms. The number of fused-ring (bicyclic) bond motifs is 1. The Morgan fingerprint density at radius 2 is 1.86 bits per heavy atom. The average Bonchev–Trinajstić information content (AvgIpc) is 2.94. The van der Waals surface area contributed by atoms with E-state index in [1.165, 1.54) is 5.56 Å². The maximum absolute atomic E-state index is 8.63. The first-order chi connectivity index (χ1) is 10.8. The largest absolute Gasteiger partial charge is 0.378 e.